The SMILES string of the molecule is CCOC(=O)N1CC(c2ccc(COc3c(-c4cccc(-n5ncc(C(=O)O)c5C(F)(F)F)n4)cccc3C(F)(F)F)cc2)C1. The van der Waals surface area contributed by atoms with Gasteiger partial charge in [-0.05, 0) is 42.3 Å². The van der Waals surface area contributed by atoms with Gasteiger partial charge in [0.2, 0.25) is 0 Å². The van der Waals surface area contributed by atoms with E-state index in [0.29, 0.717) is 24.8 Å². The van der Waals surface area contributed by atoms with Crippen molar-refractivity contribution in [2.45, 2.75) is 31.8 Å². The molecule has 0 radical (unpaired) electrons. The summed E-state index contributed by atoms with van der Waals surface area (Å²) >= 11 is 0. The molecule has 2 aromatic heterocycles. The molecule has 4 aromatic rings. The van der Waals surface area contributed by atoms with Gasteiger partial charge in [0, 0.05) is 24.6 Å². The smallest absolute Gasteiger partial charge is 0.434 e. The number of rotatable bonds is 8. The van der Waals surface area contributed by atoms with Gasteiger partial charge in [0.15, 0.2) is 11.5 Å². The molecule has 0 saturated carbocycles. The number of carbonyl (C=O) groups is 2. The van der Waals surface area contributed by atoms with Gasteiger partial charge in [0.25, 0.3) is 0 Å². The molecule has 236 valence electrons. The summed E-state index contributed by atoms with van der Waals surface area (Å²) in [5.74, 6) is -2.84. The molecule has 1 aliphatic rings. The number of aromatic carboxylic acids is 1. The van der Waals surface area contributed by atoms with Crippen LogP contribution in [0.3, 0.4) is 0 Å². The number of halogens is 6. The second kappa shape index (κ2) is 12.1. The average Bonchev–Trinajstić information content (AvgIpc) is 3.42. The maximum atomic E-state index is 14.1. The van der Waals surface area contributed by atoms with E-state index in [1.54, 1.807) is 36.1 Å². The number of amides is 1. The van der Waals surface area contributed by atoms with E-state index >= 15 is 0 Å². The van der Waals surface area contributed by atoms with Gasteiger partial charge in [-0.25, -0.2) is 19.3 Å². The molecule has 0 aliphatic carbocycles. The molecule has 2 aromatic carbocycles. The minimum Gasteiger partial charge on any atom is -0.488 e. The first-order valence-electron chi connectivity index (χ1n) is 13.5. The number of carboxylic acid groups (broad SMARTS) is 1. The Balaban J connectivity index is 1.42. The van der Waals surface area contributed by atoms with Crippen LogP contribution in [0.1, 0.15) is 45.6 Å². The van der Waals surface area contributed by atoms with Crippen LogP contribution in [0.15, 0.2) is 66.9 Å². The van der Waals surface area contributed by atoms with E-state index in [2.05, 4.69) is 10.1 Å². The minimum atomic E-state index is -5.12. The van der Waals surface area contributed by atoms with E-state index < -0.39 is 52.8 Å². The van der Waals surface area contributed by atoms with Gasteiger partial charge in [-0.3, -0.25) is 0 Å². The molecule has 0 unspecified atom stereocenters. The summed E-state index contributed by atoms with van der Waals surface area (Å²) in [7, 11) is 0. The number of hydrogen-bond acceptors (Lipinski definition) is 6. The first kappa shape index (κ1) is 31.3. The first-order chi connectivity index (χ1) is 21.3. The fourth-order valence-electron chi connectivity index (χ4n) is 4.85. The molecule has 9 nitrogen and oxygen atoms in total. The van der Waals surface area contributed by atoms with Crippen molar-refractivity contribution in [3.8, 4) is 22.8 Å². The Morgan fingerprint density at radius 2 is 1.64 bits per heavy atom. The molecule has 15 heteroatoms. The number of aromatic nitrogens is 3. The summed E-state index contributed by atoms with van der Waals surface area (Å²) in [4.78, 5) is 28.8. The highest BCUT2D eigenvalue weighted by Gasteiger charge is 2.41. The quantitative estimate of drug-likeness (QED) is 0.213. The summed E-state index contributed by atoms with van der Waals surface area (Å²) in [6, 6.07) is 13.8. The van der Waals surface area contributed by atoms with Gasteiger partial charge >= 0.3 is 24.4 Å². The van der Waals surface area contributed by atoms with Crippen LogP contribution in [-0.4, -0.2) is 56.5 Å². The van der Waals surface area contributed by atoms with Crippen LogP contribution in [-0.2, 0) is 23.7 Å². The highest BCUT2D eigenvalue weighted by Crippen LogP contribution is 2.42. The normalized spacial score (nSPS) is 13.8. The molecule has 0 spiro atoms. The number of pyridine rings is 1. The van der Waals surface area contributed by atoms with Crippen molar-refractivity contribution in [2.75, 3.05) is 19.7 Å². The van der Waals surface area contributed by atoms with E-state index in [4.69, 9.17) is 9.47 Å². The van der Waals surface area contributed by atoms with Gasteiger partial charge in [-0.2, -0.15) is 31.4 Å². The van der Waals surface area contributed by atoms with Gasteiger partial charge in [-0.1, -0.05) is 36.4 Å². The second-order valence-electron chi connectivity index (χ2n) is 10.0. The van der Waals surface area contributed by atoms with Crippen LogP contribution in [0, 0.1) is 0 Å². The van der Waals surface area contributed by atoms with Crippen molar-refractivity contribution in [2.24, 2.45) is 0 Å². The zero-order valence-electron chi connectivity index (χ0n) is 23.4. The van der Waals surface area contributed by atoms with Gasteiger partial charge in [0.1, 0.15) is 17.9 Å². The molecule has 1 amide bonds. The zero-order chi connectivity index (χ0) is 32.5. The lowest BCUT2D eigenvalue weighted by atomic mass is 9.91. The van der Waals surface area contributed by atoms with Crippen molar-refractivity contribution < 1.29 is 50.5 Å². The van der Waals surface area contributed by atoms with Crippen LogP contribution < -0.4 is 4.74 Å². The topological polar surface area (TPSA) is 107 Å². The predicted molar refractivity (Wildman–Crippen MR) is 146 cm³/mol. The molecule has 45 heavy (non-hydrogen) atoms. The third kappa shape index (κ3) is 6.56. The Kier molecular flexibility index (Phi) is 8.45. The molecule has 0 atom stereocenters. The lowest BCUT2D eigenvalue weighted by Gasteiger charge is -2.38. The molecule has 5 rings (SSSR count). The molecule has 1 saturated heterocycles. The van der Waals surface area contributed by atoms with Gasteiger partial charge in [-0.15, -0.1) is 0 Å². The highest BCUT2D eigenvalue weighted by atomic mass is 19.4. The minimum absolute atomic E-state index is 0.0829. The third-order valence-corrected chi connectivity index (χ3v) is 7.06. The molecular weight excluding hydrogens is 610 g/mol. The Labute approximate surface area is 251 Å². The summed E-state index contributed by atoms with van der Waals surface area (Å²) in [5.41, 5.74) is -2.69. The first-order valence-corrected chi connectivity index (χ1v) is 13.5. The second-order valence-corrected chi connectivity index (χ2v) is 10.0. The number of ether oxygens (including phenoxy) is 2. The van der Waals surface area contributed by atoms with E-state index in [9.17, 15) is 41.0 Å². The number of para-hydroxylation sites is 1. The molecule has 1 aliphatic heterocycles. The van der Waals surface area contributed by atoms with Crippen molar-refractivity contribution in [1.29, 1.82) is 0 Å². The maximum Gasteiger partial charge on any atom is 0.434 e. The van der Waals surface area contributed by atoms with Crippen molar-refractivity contribution in [3.63, 3.8) is 0 Å². The summed E-state index contributed by atoms with van der Waals surface area (Å²) in [5, 5.41) is 12.7. The maximum absolute atomic E-state index is 14.1. The molecule has 0 bridgehead atoms. The van der Waals surface area contributed by atoms with Crippen LogP contribution in [0.25, 0.3) is 17.1 Å². The molecule has 1 fully saturated rings. The van der Waals surface area contributed by atoms with Crippen molar-refractivity contribution >= 4 is 12.1 Å². The van der Waals surface area contributed by atoms with Crippen LogP contribution in [0.2, 0.25) is 0 Å². The van der Waals surface area contributed by atoms with Crippen LogP contribution in [0.4, 0.5) is 31.1 Å². The fourth-order valence-corrected chi connectivity index (χ4v) is 4.85. The predicted octanol–water partition coefficient (Wildman–Crippen LogP) is 6.80. The highest BCUT2D eigenvalue weighted by molar-refractivity contribution is 5.89. The Bertz CT molecular complexity index is 1710. The van der Waals surface area contributed by atoms with E-state index in [1.807, 2.05) is 0 Å². The summed E-state index contributed by atoms with van der Waals surface area (Å²) in [6.07, 6.45) is -9.84. The van der Waals surface area contributed by atoms with Crippen molar-refractivity contribution in [1.82, 2.24) is 19.7 Å². The van der Waals surface area contributed by atoms with Crippen LogP contribution in [0.5, 0.6) is 5.75 Å². The molecular formula is C30H24F6N4O5. The summed E-state index contributed by atoms with van der Waals surface area (Å²) in [6.45, 7) is 2.66. The standard InChI is InChI=1S/C30H24F6N4O5/c1-2-44-28(43)39-14-19(15-39)18-11-9-17(10-12-18)16-45-25-20(5-3-6-22(25)29(31,32)33)23-7-4-8-24(38-23)40-26(30(34,35)36)21(13-37-40)27(41)42/h3-13,19H,2,14-16H2,1H3,(H,41,42). The van der Waals surface area contributed by atoms with Crippen molar-refractivity contribution in [3.05, 3.63) is 94.8 Å². The zero-order valence-corrected chi connectivity index (χ0v) is 23.4. The number of benzene rings is 2. The molecule has 1 N–H and O–H groups in total. The lowest BCUT2D eigenvalue weighted by molar-refractivity contribution is -0.143. The average molecular weight is 635 g/mol. The Morgan fingerprint density at radius 1 is 0.956 bits per heavy atom. The Hall–Kier alpha value is -5.08. The number of carbonyl (C=O) groups excluding carboxylic acids is 1. The van der Waals surface area contributed by atoms with E-state index in [0.717, 1.165) is 23.8 Å². The fraction of sp³-hybridized carbons (Fsp3) is 0.267. The largest absolute Gasteiger partial charge is 0.488 e. The number of carboxylic acids is 1. The lowest BCUT2D eigenvalue weighted by Crippen LogP contribution is -2.48. The monoisotopic (exact) mass is 634 g/mol. The van der Waals surface area contributed by atoms with Crippen LogP contribution >= 0.6 is 0 Å². The molecule has 3 heterocycles. The van der Waals surface area contributed by atoms with Gasteiger partial charge < -0.3 is 19.5 Å². The van der Waals surface area contributed by atoms with E-state index in [1.165, 1.54) is 18.2 Å². The number of likely N-dealkylation sites (tertiary alicyclic amines) is 1. The number of hydrogen-bond donors (Lipinski definition) is 1. The third-order valence-electron chi connectivity index (χ3n) is 7.06. The number of nitrogens with zero attached hydrogens (tertiary/aromatic N) is 4. The number of alkyl halides is 6. The summed E-state index contributed by atoms with van der Waals surface area (Å²) < 4.78 is 94.5. The van der Waals surface area contributed by atoms with Gasteiger partial charge in [0.05, 0.1) is 24.1 Å². The Morgan fingerprint density at radius 3 is 2.27 bits per heavy atom. The van der Waals surface area contributed by atoms with E-state index in [-0.39, 0.29) is 35.1 Å².